The van der Waals surface area contributed by atoms with Crippen LogP contribution in [0.15, 0.2) is 24.3 Å². The molecule has 0 aliphatic carbocycles. The second-order valence-electron chi connectivity index (χ2n) is 6.05. The van der Waals surface area contributed by atoms with E-state index in [0.29, 0.717) is 12.0 Å². The third kappa shape index (κ3) is 3.37. The minimum absolute atomic E-state index is 0.271. The highest BCUT2D eigenvalue weighted by Gasteiger charge is 2.27. The van der Waals surface area contributed by atoms with Gasteiger partial charge in [-0.25, -0.2) is 0 Å². The predicted octanol–water partition coefficient (Wildman–Crippen LogP) is 3.68. The maximum atomic E-state index is 6.43. The van der Waals surface area contributed by atoms with E-state index in [4.69, 9.17) is 5.73 Å². The molecule has 2 N–H and O–H groups in total. The van der Waals surface area contributed by atoms with Crippen LogP contribution in [-0.4, -0.2) is 24.0 Å². The van der Waals surface area contributed by atoms with E-state index >= 15 is 0 Å². The fourth-order valence-electron chi connectivity index (χ4n) is 3.15. The number of nitrogens with two attached hydrogens (primary N) is 1. The molecule has 0 spiro atoms. The average Bonchev–Trinajstić information content (AvgIpc) is 2.60. The summed E-state index contributed by atoms with van der Waals surface area (Å²) < 4.78 is 0. The Hall–Kier alpha value is -0.860. The van der Waals surface area contributed by atoms with Crippen LogP contribution in [0.2, 0.25) is 0 Å². The number of benzene rings is 1. The van der Waals surface area contributed by atoms with Gasteiger partial charge in [0.05, 0.1) is 0 Å². The van der Waals surface area contributed by atoms with Gasteiger partial charge in [-0.3, -0.25) is 4.90 Å². The highest BCUT2D eigenvalue weighted by molar-refractivity contribution is 5.28. The van der Waals surface area contributed by atoms with Crippen molar-refractivity contribution in [1.82, 2.24) is 4.90 Å². The minimum Gasteiger partial charge on any atom is -0.326 e. The number of likely N-dealkylation sites (tertiary alicyclic amines) is 1. The van der Waals surface area contributed by atoms with Crippen molar-refractivity contribution in [2.24, 2.45) is 5.73 Å². The zero-order valence-electron chi connectivity index (χ0n) is 12.6. The number of hydrogen-bond acceptors (Lipinski definition) is 2. The second-order valence-corrected chi connectivity index (χ2v) is 6.05. The molecule has 0 bridgehead atoms. The van der Waals surface area contributed by atoms with E-state index in [-0.39, 0.29) is 6.04 Å². The maximum absolute atomic E-state index is 6.43. The Morgan fingerprint density at radius 3 is 2.47 bits per heavy atom. The first-order valence-corrected chi connectivity index (χ1v) is 7.73. The largest absolute Gasteiger partial charge is 0.326 e. The summed E-state index contributed by atoms with van der Waals surface area (Å²) in [5, 5.41) is 0. The zero-order valence-corrected chi connectivity index (χ0v) is 12.6. The minimum atomic E-state index is 0.271. The van der Waals surface area contributed by atoms with Crippen molar-refractivity contribution in [3.63, 3.8) is 0 Å². The van der Waals surface area contributed by atoms with Gasteiger partial charge in [0.2, 0.25) is 0 Å². The van der Waals surface area contributed by atoms with E-state index in [1.165, 1.54) is 30.5 Å². The molecule has 0 saturated carbocycles. The Labute approximate surface area is 118 Å². The first-order chi connectivity index (χ1) is 9.13. The van der Waals surface area contributed by atoms with E-state index in [9.17, 15) is 0 Å². The summed E-state index contributed by atoms with van der Waals surface area (Å²) in [5.74, 6) is 0.596. The van der Waals surface area contributed by atoms with E-state index in [1.54, 1.807) is 0 Å². The molecule has 1 aliphatic heterocycles. The summed E-state index contributed by atoms with van der Waals surface area (Å²) in [6.07, 6.45) is 3.69. The van der Waals surface area contributed by atoms with Crippen LogP contribution in [0.4, 0.5) is 0 Å². The van der Waals surface area contributed by atoms with Crippen molar-refractivity contribution in [1.29, 1.82) is 0 Å². The summed E-state index contributed by atoms with van der Waals surface area (Å²) in [7, 11) is 0. The molecule has 2 heteroatoms. The van der Waals surface area contributed by atoms with Gasteiger partial charge in [-0.15, -0.1) is 0 Å². The molecule has 19 heavy (non-hydrogen) atoms. The van der Waals surface area contributed by atoms with Crippen molar-refractivity contribution < 1.29 is 0 Å². The standard InChI is InChI=1S/C17H28N2/c1-4-19-12-6-5-7-16(18)17(19)15-10-8-14(9-11-15)13(2)3/h8-11,13,16-17H,4-7,12,18H2,1-3H3. The van der Waals surface area contributed by atoms with Crippen molar-refractivity contribution in [2.75, 3.05) is 13.1 Å². The Kier molecular flexibility index (Phi) is 5.00. The van der Waals surface area contributed by atoms with Crippen LogP contribution in [-0.2, 0) is 0 Å². The van der Waals surface area contributed by atoms with Gasteiger partial charge in [0.1, 0.15) is 0 Å². The molecule has 0 amide bonds. The molecular formula is C17H28N2. The lowest BCUT2D eigenvalue weighted by Crippen LogP contribution is -2.39. The van der Waals surface area contributed by atoms with Gasteiger partial charge in [-0.1, -0.05) is 51.5 Å². The van der Waals surface area contributed by atoms with Gasteiger partial charge in [-0.2, -0.15) is 0 Å². The first-order valence-electron chi connectivity index (χ1n) is 7.73. The summed E-state index contributed by atoms with van der Waals surface area (Å²) >= 11 is 0. The molecule has 1 aliphatic rings. The zero-order chi connectivity index (χ0) is 13.8. The average molecular weight is 260 g/mol. The molecule has 0 aromatic heterocycles. The molecule has 0 radical (unpaired) electrons. The molecule has 2 atom stereocenters. The van der Waals surface area contributed by atoms with Crippen LogP contribution < -0.4 is 5.73 Å². The SMILES string of the molecule is CCN1CCCCC(N)C1c1ccc(C(C)C)cc1. The van der Waals surface area contributed by atoms with E-state index < -0.39 is 0 Å². The van der Waals surface area contributed by atoms with Crippen molar-refractivity contribution in [3.8, 4) is 0 Å². The molecule has 1 aromatic carbocycles. The normalized spacial score (nSPS) is 25.5. The molecule has 1 aromatic rings. The number of likely N-dealkylation sites (N-methyl/N-ethyl adjacent to an activating group) is 1. The quantitative estimate of drug-likeness (QED) is 0.898. The topological polar surface area (TPSA) is 29.3 Å². The van der Waals surface area contributed by atoms with Gasteiger partial charge >= 0.3 is 0 Å². The lowest BCUT2D eigenvalue weighted by Gasteiger charge is -2.33. The summed E-state index contributed by atoms with van der Waals surface area (Å²) in [5.41, 5.74) is 9.23. The van der Waals surface area contributed by atoms with Gasteiger partial charge < -0.3 is 5.73 Å². The Morgan fingerprint density at radius 2 is 1.89 bits per heavy atom. The Balaban J connectivity index is 2.24. The lowest BCUT2D eigenvalue weighted by atomic mass is 9.93. The molecule has 1 heterocycles. The summed E-state index contributed by atoms with van der Waals surface area (Å²) in [6.45, 7) is 8.99. The third-order valence-electron chi connectivity index (χ3n) is 4.38. The fraction of sp³-hybridized carbons (Fsp3) is 0.647. The molecule has 2 rings (SSSR count). The van der Waals surface area contributed by atoms with E-state index in [2.05, 4.69) is 49.9 Å². The lowest BCUT2D eigenvalue weighted by molar-refractivity contribution is 0.195. The molecule has 1 saturated heterocycles. The molecule has 2 nitrogen and oxygen atoms in total. The Morgan fingerprint density at radius 1 is 1.21 bits per heavy atom. The molecule has 1 fully saturated rings. The summed E-state index contributed by atoms with van der Waals surface area (Å²) in [4.78, 5) is 2.54. The predicted molar refractivity (Wildman–Crippen MR) is 82.3 cm³/mol. The van der Waals surface area contributed by atoms with Crippen LogP contribution in [0.1, 0.15) is 63.1 Å². The molecular weight excluding hydrogens is 232 g/mol. The first kappa shape index (κ1) is 14.5. The monoisotopic (exact) mass is 260 g/mol. The van der Waals surface area contributed by atoms with Gasteiger partial charge in [-0.05, 0) is 43.0 Å². The van der Waals surface area contributed by atoms with Gasteiger partial charge in [0, 0.05) is 12.1 Å². The highest BCUT2D eigenvalue weighted by Crippen LogP contribution is 2.30. The van der Waals surface area contributed by atoms with Gasteiger partial charge in [0.25, 0.3) is 0 Å². The van der Waals surface area contributed by atoms with Crippen LogP contribution in [0.5, 0.6) is 0 Å². The molecule has 106 valence electrons. The number of hydrogen-bond donors (Lipinski definition) is 1. The summed E-state index contributed by atoms with van der Waals surface area (Å²) in [6, 6.07) is 9.78. The maximum Gasteiger partial charge on any atom is 0.0499 e. The smallest absolute Gasteiger partial charge is 0.0499 e. The van der Waals surface area contributed by atoms with Crippen molar-refractivity contribution >= 4 is 0 Å². The third-order valence-corrected chi connectivity index (χ3v) is 4.38. The number of rotatable bonds is 3. The van der Waals surface area contributed by atoms with Crippen LogP contribution in [0, 0.1) is 0 Å². The molecule has 2 unspecified atom stereocenters. The second kappa shape index (κ2) is 6.53. The van der Waals surface area contributed by atoms with Crippen molar-refractivity contribution in [3.05, 3.63) is 35.4 Å². The van der Waals surface area contributed by atoms with E-state index in [0.717, 1.165) is 13.0 Å². The van der Waals surface area contributed by atoms with Crippen LogP contribution in [0.25, 0.3) is 0 Å². The van der Waals surface area contributed by atoms with E-state index in [1.807, 2.05) is 0 Å². The highest BCUT2D eigenvalue weighted by atomic mass is 15.2. The number of nitrogens with zero attached hydrogens (tertiary/aromatic N) is 1. The Bertz CT molecular complexity index is 383. The fourth-order valence-corrected chi connectivity index (χ4v) is 3.15. The van der Waals surface area contributed by atoms with Gasteiger partial charge in [0.15, 0.2) is 0 Å². The van der Waals surface area contributed by atoms with Crippen LogP contribution >= 0.6 is 0 Å². The van der Waals surface area contributed by atoms with Crippen LogP contribution in [0.3, 0.4) is 0 Å². The van der Waals surface area contributed by atoms with Crippen molar-refractivity contribution in [2.45, 2.75) is 58.0 Å².